The number of carbonyl (C=O) groups excluding carboxylic acids is 2. The molecule has 0 saturated heterocycles. The summed E-state index contributed by atoms with van der Waals surface area (Å²) < 4.78 is 42.4. The van der Waals surface area contributed by atoms with Gasteiger partial charge < -0.3 is 10.1 Å². The number of hydrogen-bond donors (Lipinski definition) is 1. The van der Waals surface area contributed by atoms with Crippen LogP contribution in [-0.2, 0) is 22.1 Å². The van der Waals surface area contributed by atoms with E-state index >= 15 is 0 Å². The molecule has 2 aromatic rings. The zero-order valence-electron chi connectivity index (χ0n) is 13.6. The fourth-order valence-electron chi connectivity index (χ4n) is 2.24. The lowest BCUT2D eigenvalue weighted by atomic mass is 10.0. The number of carbonyl (C=O) groups is 2. The Bertz CT molecular complexity index is 774. The molecule has 0 radical (unpaired) electrons. The van der Waals surface area contributed by atoms with Crippen molar-refractivity contribution in [2.45, 2.75) is 18.6 Å². The van der Waals surface area contributed by atoms with Gasteiger partial charge in [-0.1, -0.05) is 23.7 Å². The molecular weight excluding hydrogens is 371 g/mol. The predicted molar refractivity (Wildman–Crippen MR) is 89.9 cm³/mol. The Hall–Kier alpha value is -2.54. The van der Waals surface area contributed by atoms with Gasteiger partial charge in [0.25, 0.3) is 5.91 Å². The number of benzene rings is 2. The smallest absolute Gasteiger partial charge is 0.416 e. The van der Waals surface area contributed by atoms with Gasteiger partial charge in [0.2, 0.25) is 0 Å². The number of methoxy groups -OCH3 is 1. The quantitative estimate of drug-likeness (QED) is 0.795. The minimum atomic E-state index is -4.49. The van der Waals surface area contributed by atoms with Crippen molar-refractivity contribution in [1.82, 2.24) is 5.32 Å². The number of alkyl halides is 3. The minimum Gasteiger partial charge on any atom is -0.467 e. The van der Waals surface area contributed by atoms with Crippen molar-refractivity contribution in [1.29, 1.82) is 0 Å². The Morgan fingerprint density at radius 1 is 1.08 bits per heavy atom. The molecule has 0 spiro atoms. The Balaban J connectivity index is 2.13. The van der Waals surface area contributed by atoms with E-state index in [-0.39, 0.29) is 12.0 Å². The largest absolute Gasteiger partial charge is 0.467 e. The van der Waals surface area contributed by atoms with Crippen LogP contribution in [0.2, 0.25) is 5.02 Å². The van der Waals surface area contributed by atoms with E-state index in [1.807, 2.05) is 0 Å². The highest BCUT2D eigenvalue weighted by Gasteiger charge is 2.30. The summed E-state index contributed by atoms with van der Waals surface area (Å²) in [4.78, 5) is 24.2. The van der Waals surface area contributed by atoms with Crippen LogP contribution in [0.5, 0.6) is 0 Å². The predicted octanol–water partition coefficient (Wildman–Crippen LogP) is 3.87. The fourth-order valence-corrected chi connectivity index (χ4v) is 2.37. The zero-order valence-corrected chi connectivity index (χ0v) is 14.4. The number of amides is 1. The van der Waals surface area contributed by atoms with E-state index in [0.717, 1.165) is 29.8 Å². The zero-order chi connectivity index (χ0) is 19.3. The molecule has 1 amide bonds. The third-order valence-corrected chi connectivity index (χ3v) is 3.87. The molecule has 8 heteroatoms. The topological polar surface area (TPSA) is 55.4 Å². The Morgan fingerprint density at radius 3 is 2.15 bits per heavy atom. The first kappa shape index (κ1) is 19.8. The number of rotatable bonds is 5. The first-order valence-corrected chi connectivity index (χ1v) is 7.89. The van der Waals surface area contributed by atoms with Crippen LogP contribution in [0, 0.1) is 0 Å². The van der Waals surface area contributed by atoms with Gasteiger partial charge in [-0.05, 0) is 42.0 Å². The maximum absolute atomic E-state index is 12.6. The molecule has 2 rings (SSSR count). The van der Waals surface area contributed by atoms with Crippen molar-refractivity contribution in [3.8, 4) is 0 Å². The van der Waals surface area contributed by atoms with Crippen LogP contribution >= 0.6 is 11.6 Å². The third-order valence-electron chi connectivity index (χ3n) is 3.62. The van der Waals surface area contributed by atoms with Crippen LogP contribution in [0.3, 0.4) is 0 Å². The van der Waals surface area contributed by atoms with Crippen LogP contribution in [0.15, 0.2) is 48.5 Å². The van der Waals surface area contributed by atoms with E-state index in [1.165, 1.54) is 7.11 Å². The molecule has 138 valence electrons. The van der Waals surface area contributed by atoms with Crippen molar-refractivity contribution in [3.05, 3.63) is 70.2 Å². The van der Waals surface area contributed by atoms with Crippen LogP contribution in [-0.4, -0.2) is 25.0 Å². The molecule has 2 aromatic carbocycles. The average molecular weight is 386 g/mol. The van der Waals surface area contributed by atoms with E-state index in [4.69, 9.17) is 11.6 Å². The molecule has 1 N–H and O–H groups in total. The van der Waals surface area contributed by atoms with Gasteiger partial charge in [0.15, 0.2) is 0 Å². The lowest BCUT2D eigenvalue weighted by Crippen LogP contribution is -2.43. The Kier molecular flexibility index (Phi) is 6.26. The lowest BCUT2D eigenvalue weighted by Gasteiger charge is -2.17. The Labute approximate surface area is 152 Å². The van der Waals surface area contributed by atoms with Crippen LogP contribution in [0.25, 0.3) is 0 Å². The maximum Gasteiger partial charge on any atom is 0.416 e. The van der Waals surface area contributed by atoms with E-state index in [2.05, 4.69) is 10.1 Å². The van der Waals surface area contributed by atoms with Gasteiger partial charge in [0.05, 0.1) is 12.7 Å². The number of ether oxygens (including phenoxy) is 1. The van der Waals surface area contributed by atoms with Gasteiger partial charge in [-0.15, -0.1) is 0 Å². The van der Waals surface area contributed by atoms with Crippen molar-refractivity contribution in [3.63, 3.8) is 0 Å². The molecule has 26 heavy (non-hydrogen) atoms. The van der Waals surface area contributed by atoms with E-state index in [1.54, 1.807) is 24.3 Å². The molecule has 0 aliphatic rings. The summed E-state index contributed by atoms with van der Waals surface area (Å²) in [6.45, 7) is 0. The summed E-state index contributed by atoms with van der Waals surface area (Å²) in [5.41, 5.74) is -0.125. The number of hydrogen-bond acceptors (Lipinski definition) is 3. The van der Waals surface area contributed by atoms with Crippen molar-refractivity contribution >= 4 is 23.5 Å². The first-order chi connectivity index (χ1) is 12.2. The van der Waals surface area contributed by atoms with Crippen molar-refractivity contribution in [2.24, 2.45) is 0 Å². The summed E-state index contributed by atoms with van der Waals surface area (Å²) in [5, 5.41) is 3.00. The first-order valence-electron chi connectivity index (χ1n) is 7.51. The highest BCUT2D eigenvalue weighted by molar-refractivity contribution is 6.30. The van der Waals surface area contributed by atoms with Crippen molar-refractivity contribution in [2.75, 3.05) is 7.11 Å². The summed E-state index contributed by atoms with van der Waals surface area (Å²) >= 11 is 5.81. The summed E-state index contributed by atoms with van der Waals surface area (Å²) in [6.07, 6.45) is -4.34. The van der Waals surface area contributed by atoms with Crippen molar-refractivity contribution < 1.29 is 27.5 Å². The second-order valence-corrected chi connectivity index (χ2v) is 5.89. The van der Waals surface area contributed by atoms with Gasteiger partial charge in [-0.25, -0.2) is 4.79 Å². The van der Waals surface area contributed by atoms with E-state index < -0.39 is 29.7 Å². The second-order valence-electron chi connectivity index (χ2n) is 5.45. The third kappa shape index (κ3) is 5.23. The minimum absolute atomic E-state index is 0.00279. The van der Waals surface area contributed by atoms with Gasteiger partial charge in [0, 0.05) is 17.0 Å². The molecule has 0 bridgehead atoms. The summed E-state index contributed by atoms with van der Waals surface area (Å²) in [7, 11) is 1.18. The molecule has 0 unspecified atom stereocenters. The molecule has 1 atom stereocenters. The average Bonchev–Trinajstić information content (AvgIpc) is 2.61. The van der Waals surface area contributed by atoms with Gasteiger partial charge in [0.1, 0.15) is 6.04 Å². The molecule has 0 aliphatic heterocycles. The maximum atomic E-state index is 12.6. The molecule has 0 heterocycles. The molecule has 0 aromatic heterocycles. The monoisotopic (exact) mass is 385 g/mol. The second kappa shape index (κ2) is 8.23. The molecule has 0 fully saturated rings. The van der Waals surface area contributed by atoms with Gasteiger partial charge >= 0.3 is 12.1 Å². The number of nitrogens with one attached hydrogen (secondary N) is 1. The molecule has 0 saturated carbocycles. The highest BCUT2D eigenvalue weighted by Crippen LogP contribution is 2.29. The highest BCUT2D eigenvalue weighted by atomic mass is 35.5. The Morgan fingerprint density at radius 2 is 1.65 bits per heavy atom. The number of halogens is 4. The molecule has 4 nitrogen and oxygen atoms in total. The number of esters is 1. The molecule has 0 aliphatic carbocycles. The van der Waals surface area contributed by atoms with E-state index in [9.17, 15) is 22.8 Å². The van der Waals surface area contributed by atoms with Crippen LogP contribution in [0.1, 0.15) is 21.5 Å². The summed E-state index contributed by atoms with van der Waals surface area (Å²) in [5.74, 6) is -1.34. The van der Waals surface area contributed by atoms with Crippen LogP contribution in [0.4, 0.5) is 13.2 Å². The SMILES string of the molecule is COC(=O)[C@H](Cc1ccc(Cl)cc1)NC(=O)c1ccc(C(F)(F)F)cc1. The standard InChI is InChI=1S/C18H15ClF3NO3/c1-26-17(25)15(10-11-2-8-14(19)9-3-11)23-16(24)12-4-6-13(7-5-12)18(20,21)22/h2-9,15H,10H2,1H3,(H,23,24)/t15-/m0/s1. The summed E-state index contributed by atoms with van der Waals surface area (Å²) in [6, 6.07) is 9.40. The normalized spacial score (nSPS) is 12.3. The molecular formula is C18H15ClF3NO3. The van der Waals surface area contributed by atoms with E-state index in [0.29, 0.717) is 5.02 Å². The van der Waals surface area contributed by atoms with Crippen LogP contribution < -0.4 is 5.32 Å². The fraction of sp³-hybridized carbons (Fsp3) is 0.222. The lowest BCUT2D eigenvalue weighted by molar-refractivity contribution is -0.142. The van der Waals surface area contributed by atoms with Gasteiger partial charge in [-0.3, -0.25) is 4.79 Å². The van der Waals surface area contributed by atoms with Gasteiger partial charge in [-0.2, -0.15) is 13.2 Å².